The van der Waals surface area contributed by atoms with E-state index >= 15 is 0 Å². The molecule has 0 radical (unpaired) electrons. The molecule has 1 fully saturated rings. The number of nitrogens with one attached hydrogen (secondary N) is 1. The lowest BCUT2D eigenvalue weighted by Gasteiger charge is -2.26. The van der Waals surface area contributed by atoms with Crippen LogP contribution in [0.1, 0.15) is 30.9 Å². The topological polar surface area (TPSA) is 12.0 Å². The van der Waals surface area contributed by atoms with Crippen molar-refractivity contribution in [2.24, 2.45) is 0 Å². The molecule has 1 nitrogen and oxygen atoms in total. The summed E-state index contributed by atoms with van der Waals surface area (Å²) in [5.41, 5.74) is 0.154. The highest BCUT2D eigenvalue weighted by Gasteiger charge is 2.35. The van der Waals surface area contributed by atoms with Crippen LogP contribution >= 0.6 is 0 Å². The average Bonchev–Trinajstić information content (AvgIpc) is 2.60. The highest BCUT2D eigenvalue weighted by molar-refractivity contribution is 5.33. The zero-order chi connectivity index (χ0) is 11.1. The molecule has 1 atom stereocenters. The Labute approximate surface area is 88.5 Å². The molecule has 0 saturated carbocycles. The molecule has 0 aliphatic carbocycles. The summed E-state index contributed by atoms with van der Waals surface area (Å²) in [5, 5.41) is 3.18. The first-order valence-corrected chi connectivity index (χ1v) is 5.25. The highest BCUT2D eigenvalue weighted by Crippen LogP contribution is 2.34. The lowest BCUT2D eigenvalue weighted by molar-refractivity contribution is 0.385. The minimum atomic E-state index is -0.541. The van der Waals surface area contributed by atoms with Crippen LogP contribution < -0.4 is 5.32 Å². The highest BCUT2D eigenvalue weighted by atomic mass is 19.1. The Bertz CT molecular complexity index is 381. The number of hydrogen-bond donors (Lipinski definition) is 1. The first kappa shape index (κ1) is 10.6. The van der Waals surface area contributed by atoms with E-state index in [1.165, 1.54) is 12.1 Å². The van der Waals surface area contributed by atoms with Gasteiger partial charge in [-0.1, -0.05) is 6.07 Å². The lowest BCUT2D eigenvalue weighted by atomic mass is 9.88. The fourth-order valence-corrected chi connectivity index (χ4v) is 2.27. The minimum absolute atomic E-state index is 0.194. The van der Waals surface area contributed by atoms with Gasteiger partial charge in [0.25, 0.3) is 0 Å². The molecule has 82 valence electrons. The normalized spacial score (nSPS) is 25.9. The van der Waals surface area contributed by atoms with E-state index in [1.54, 1.807) is 6.92 Å². The first-order chi connectivity index (χ1) is 7.04. The van der Waals surface area contributed by atoms with Crippen molar-refractivity contribution in [3.8, 4) is 0 Å². The van der Waals surface area contributed by atoms with Gasteiger partial charge in [0.15, 0.2) is 0 Å². The van der Waals surface area contributed by atoms with Crippen molar-refractivity contribution in [2.75, 3.05) is 6.54 Å². The van der Waals surface area contributed by atoms with Gasteiger partial charge >= 0.3 is 0 Å². The molecule has 1 unspecified atom stereocenters. The monoisotopic (exact) mass is 211 g/mol. The maximum Gasteiger partial charge on any atom is 0.134 e. The first-order valence-electron chi connectivity index (χ1n) is 5.25. The fourth-order valence-electron chi connectivity index (χ4n) is 2.27. The van der Waals surface area contributed by atoms with Crippen molar-refractivity contribution >= 4 is 0 Å². The number of aryl methyl sites for hydroxylation is 1. The van der Waals surface area contributed by atoms with E-state index in [-0.39, 0.29) is 5.56 Å². The van der Waals surface area contributed by atoms with Crippen LogP contribution in [-0.2, 0) is 5.54 Å². The summed E-state index contributed by atoms with van der Waals surface area (Å²) in [5.74, 6) is -0.859. The van der Waals surface area contributed by atoms with Gasteiger partial charge < -0.3 is 5.32 Å². The van der Waals surface area contributed by atoms with Crippen molar-refractivity contribution in [2.45, 2.75) is 32.2 Å². The van der Waals surface area contributed by atoms with Crippen LogP contribution in [0.3, 0.4) is 0 Å². The van der Waals surface area contributed by atoms with E-state index in [0.29, 0.717) is 5.56 Å². The van der Waals surface area contributed by atoms with Crippen molar-refractivity contribution in [3.63, 3.8) is 0 Å². The third-order valence-corrected chi connectivity index (χ3v) is 3.20. The Morgan fingerprint density at radius 2 is 2.07 bits per heavy atom. The van der Waals surface area contributed by atoms with E-state index in [1.807, 2.05) is 6.92 Å². The molecule has 1 aromatic carbocycles. The molecule has 0 aromatic heterocycles. The van der Waals surface area contributed by atoms with Gasteiger partial charge in [-0.3, -0.25) is 0 Å². The zero-order valence-electron chi connectivity index (χ0n) is 9.03. The van der Waals surface area contributed by atoms with Crippen LogP contribution in [0, 0.1) is 18.6 Å². The summed E-state index contributed by atoms with van der Waals surface area (Å²) >= 11 is 0. The quantitative estimate of drug-likeness (QED) is 0.753. The molecule has 1 aliphatic heterocycles. The van der Waals surface area contributed by atoms with Crippen molar-refractivity contribution in [3.05, 3.63) is 34.9 Å². The Kier molecular flexibility index (Phi) is 2.51. The molecule has 3 heteroatoms. The van der Waals surface area contributed by atoms with E-state index in [2.05, 4.69) is 5.32 Å². The van der Waals surface area contributed by atoms with Gasteiger partial charge in [-0.15, -0.1) is 0 Å². The minimum Gasteiger partial charge on any atom is -0.307 e. The van der Waals surface area contributed by atoms with E-state index in [9.17, 15) is 8.78 Å². The van der Waals surface area contributed by atoms with Gasteiger partial charge in [0.2, 0.25) is 0 Å². The predicted octanol–water partition coefficient (Wildman–Crippen LogP) is 2.87. The second-order valence-corrected chi connectivity index (χ2v) is 4.42. The molecule has 15 heavy (non-hydrogen) atoms. The molecule has 1 heterocycles. The summed E-state index contributed by atoms with van der Waals surface area (Å²) in [7, 11) is 0. The van der Waals surface area contributed by atoms with Crippen molar-refractivity contribution in [1.82, 2.24) is 5.32 Å². The SMILES string of the molecule is Cc1ccc(F)c(C2(C)CCCN2)c1F. The molecule has 0 spiro atoms. The Hall–Kier alpha value is -0.960. The second kappa shape index (κ2) is 3.56. The molecule has 1 aromatic rings. The third kappa shape index (κ3) is 1.65. The lowest BCUT2D eigenvalue weighted by Crippen LogP contribution is -2.35. The van der Waals surface area contributed by atoms with Crippen LogP contribution in [0.5, 0.6) is 0 Å². The fraction of sp³-hybridized carbons (Fsp3) is 0.500. The van der Waals surface area contributed by atoms with Gasteiger partial charge in [-0.05, 0) is 44.9 Å². The average molecular weight is 211 g/mol. The summed E-state index contributed by atoms with van der Waals surface area (Å²) in [6, 6.07) is 2.82. The molecule has 0 amide bonds. The molecule has 2 rings (SSSR count). The Balaban J connectivity index is 2.55. The van der Waals surface area contributed by atoms with Crippen LogP contribution in [0.2, 0.25) is 0 Å². The van der Waals surface area contributed by atoms with Gasteiger partial charge in [-0.2, -0.15) is 0 Å². The molecule has 1 saturated heterocycles. The maximum atomic E-state index is 13.9. The largest absolute Gasteiger partial charge is 0.307 e. The van der Waals surface area contributed by atoms with Crippen molar-refractivity contribution < 1.29 is 8.78 Å². The van der Waals surface area contributed by atoms with Crippen LogP contribution in [0.25, 0.3) is 0 Å². The number of benzene rings is 1. The zero-order valence-corrected chi connectivity index (χ0v) is 9.03. The smallest absolute Gasteiger partial charge is 0.134 e. The Morgan fingerprint density at radius 3 is 2.67 bits per heavy atom. The van der Waals surface area contributed by atoms with Crippen LogP contribution in [0.15, 0.2) is 12.1 Å². The van der Waals surface area contributed by atoms with Gasteiger partial charge in [0.1, 0.15) is 11.6 Å². The molecular formula is C12H15F2N. The maximum absolute atomic E-state index is 13.9. The molecule has 0 bridgehead atoms. The summed E-state index contributed by atoms with van der Waals surface area (Å²) in [4.78, 5) is 0. The van der Waals surface area contributed by atoms with E-state index in [0.717, 1.165) is 19.4 Å². The second-order valence-electron chi connectivity index (χ2n) is 4.42. The summed E-state index contributed by atoms with van der Waals surface area (Å²) < 4.78 is 27.5. The van der Waals surface area contributed by atoms with Gasteiger partial charge in [0.05, 0.1) is 0 Å². The molecular weight excluding hydrogens is 196 g/mol. The summed E-state index contributed by atoms with van der Waals surface area (Å²) in [6.07, 6.45) is 1.74. The van der Waals surface area contributed by atoms with Crippen LogP contribution in [0.4, 0.5) is 8.78 Å². The van der Waals surface area contributed by atoms with Gasteiger partial charge in [0, 0.05) is 11.1 Å². The standard InChI is InChI=1S/C12H15F2N/c1-8-4-5-9(13)10(11(8)14)12(2)6-3-7-15-12/h4-5,15H,3,6-7H2,1-2H3. The number of rotatable bonds is 1. The van der Waals surface area contributed by atoms with Crippen molar-refractivity contribution in [1.29, 1.82) is 0 Å². The van der Waals surface area contributed by atoms with E-state index in [4.69, 9.17) is 0 Å². The number of halogens is 2. The van der Waals surface area contributed by atoms with Crippen LogP contribution in [-0.4, -0.2) is 6.54 Å². The molecule has 1 aliphatic rings. The van der Waals surface area contributed by atoms with Gasteiger partial charge in [-0.25, -0.2) is 8.78 Å². The predicted molar refractivity (Wildman–Crippen MR) is 55.7 cm³/mol. The Morgan fingerprint density at radius 1 is 1.33 bits per heavy atom. The third-order valence-electron chi connectivity index (χ3n) is 3.20. The number of hydrogen-bond acceptors (Lipinski definition) is 1. The summed E-state index contributed by atoms with van der Waals surface area (Å²) in [6.45, 7) is 4.35. The molecule has 1 N–H and O–H groups in total. The van der Waals surface area contributed by atoms with E-state index < -0.39 is 17.2 Å².